The molecule has 0 radical (unpaired) electrons. The summed E-state index contributed by atoms with van der Waals surface area (Å²) in [6.45, 7) is 0. The smallest absolute Gasteiger partial charge is 0.288 e. The van der Waals surface area contributed by atoms with Crippen molar-refractivity contribution < 1.29 is 4.85 Å². The van der Waals surface area contributed by atoms with Crippen molar-refractivity contribution >= 4 is 22.7 Å². The Bertz CT molecular complexity index is 511. The van der Waals surface area contributed by atoms with Crippen LogP contribution in [-0.2, 0) is 0 Å². The lowest BCUT2D eigenvalue weighted by atomic mass is 10.2. The number of nitrogens with zero attached hydrogens (tertiary/aromatic N) is 4. The topological polar surface area (TPSA) is 82.0 Å². The molecule has 0 saturated carbocycles. The quantitative estimate of drug-likeness (QED) is 0.519. The maximum absolute atomic E-state index is 11.4. The minimum absolute atomic E-state index is 0.0200. The highest BCUT2D eigenvalue weighted by Gasteiger charge is 2.09. The molecule has 2 aromatic rings. The van der Waals surface area contributed by atoms with Gasteiger partial charge in [-0.2, -0.15) is 0 Å². The SMILES string of the molecule is CN(C)c1ccc2c(c1)nc(N)n[n+]2[O-]. The van der Waals surface area contributed by atoms with E-state index in [0.29, 0.717) is 15.9 Å². The Hall–Kier alpha value is -2.11. The summed E-state index contributed by atoms with van der Waals surface area (Å²) >= 11 is 0. The fourth-order valence-electron chi connectivity index (χ4n) is 1.33. The molecule has 1 aromatic carbocycles. The van der Waals surface area contributed by atoms with Gasteiger partial charge in [-0.05, 0) is 17.0 Å². The summed E-state index contributed by atoms with van der Waals surface area (Å²) in [6, 6.07) is 5.30. The van der Waals surface area contributed by atoms with E-state index in [2.05, 4.69) is 10.1 Å². The molecule has 0 aliphatic heterocycles. The molecular formula is C9H11N5O. The third-order valence-corrected chi connectivity index (χ3v) is 2.11. The Morgan fingerprint density at radius 1 is 1.40 bits per heavy atom. The molecule has 6 nitrogen and oxygen atoms in total. The summed E-state index contributed by atoms with van der Waals surface area (Å²) in [6.07, 6.45) is 0. The van der Waals surface area contributed by atoms with E-state index in [1.165, 1.54) is 0 Å². The number of rotatable bonds is 1. The minimum atomic E-state index is -0.0200. The largest absolute Gasteiger partial charge is 0.594 e. The predicted octanol–water partition coefficient (Wildman–Crippen LogP) is -0.0886. The Morgan fingerprint density at radius 3 is 2.80 bits per heavy atom. The van der Waals surface area contributed by atoms with Crippen molar-refractivity contribution in [2.45, 2.75) is 0 Å². The third kappa shape index (κ3) is 1.61. The molecule has 2 N–H and O–H groups in total. The highest BCUT2D eigenvalue weighted by molar-refractivity contribution is 5.76. The van der Waals surface area contributed by atoms with Crippen LogP contribution in [0.15, 0.2) is 18.2 Å². The van der Waals surface area contributed by atoms with E-state index < -0.39 is 0 Å². The number of benzene rings is 1. The van der Waals surface area contributed by atoms with Gasteiger partial charge in [0.25, 0.3) is 11.5 Å². The van der Waals surface area contributed by atoms with Gasteiger partial charge >= 0.3 is 0 Å². The number of hydrogen-bond donors (Lipinski definition) is 1. The van der Waals surface area contributed by atoms with Crippen LogP contribution in [-0.4, -0.2) is 24.2 Å². The number of fused-ring (bicyclic) bond motifs is 1. The van der Waals surface area contributed by atoms with Crippen molar-refractivity contribution in [3.63, 3.8) is 0 Å². The molecule has 0 unspecified atom stereocenters. The van der Waals surface area contributed by atoms with Crippen LogP contribution in [0.1, 0.15) is 0 Å². The van der Waals surface area contributed by atoms with E-state index in [1.807, 2.05) is 25.1 Å². The Labute approximate surface area is 86.5 Å². The fraction of sp³-hybridized carbons (Fsp3) is 0.222. The molecule has 0 aliphatic carbocycles. The summed E-state index contributed by atoms with van der Waals surface area (Å²) < 4.78 is 0. The van der Waals surface area contributed by atoms with Crippen molar-refractivity contribution in [1.29, 1.82) is 0 Å². The van der Waals surface area contributed by atoms with Crippen molar-refractivity contribution in [2.75, 3.05) is 24.7 Å². The molecule has 0 amide bonds. The van der Waals surface area contributed by atoms with Crippen LogP contribution in [0.3, 0.4) is 0 Å². The van der Waals surface area contributed by atoms with Gasteiger partial charge in [0.05, 0.1) is 5.10 Å². The van der Waals surface area contributed by atoms with E-state index in [1.54, 1.807) is 12.1 Å². The Morgan fingerprint density at radius 2 is 2.13 bits per heavy atom. The molecule has 15 heavy (non-hydrogen) atoms. The average molecular weight is 205 g/mol. The normalized spacial score (nSPS) is 10.5. The Kier molecular flexibility index (Phi) is 2.03. The van der Waals surface area contributed by atoms with E-state index in [0.717, 1.165) is 5.69 Å². The summed E-state index contributed by atoms with van der Waals surface area (Å²) in [5.74, 6) is -0.0200. The number of aromatic nitrogens is 3. The average Bonchev–Trinajstić information content (AvgIpc) is 2.16. The standard InChI is InChI=1S/C9H11N5O/c1-13(2)6-3-4-8-7(5-6)11-9(10)12-14(8)15/h3-5H,1-2H3,(H2,10,11,12). The second kappa shape index (κ2) is 3.23. The van der Waals surface area contributed by atoms with Crippen molar-refractivity contribution in [3.8, 4) is 0 Å². The molecule has 0 fully saturated rings. The molecule has 0 spiro atoms. The molecule has 2 rings (SSSR count). The maximum Gasteiger partial charge on any atom is 0.288 e. The van der Waals surface area contributed by atoms with Crippen LogP contribution in [0.4, 0.5) is 11.6 Å². The predicted molar refractivity (Wildman–Crippen MR) is 57.2 cm³/mol. The lowest BCUT2D eigenvalue weighted by Gasteiger charge is -2.11. The highest BCUT2D eigenvalue weighted by atomic mass is 16.5. The van der Waals surface area contributed by atoms with Crippen LogP contribution >= 0.6 is 0 Å². The van der Waals surface area contributed by atoms with Crippen molar-refractivity contribution in [1.82, 2.24) is 10.1 Å². The minimum Gasteiger partial charge on any atom is -0.594 e. The van der Waals surface area contributed by atoms with Crippen LogP contribution in [0, 0.1) is 5.21 Å². The molecular weight excluding hydrogens is 194 g/mol. The van der Waals surface area contributed by atoms with Crippen molar-refractivity contribution in [2.24, 2.45) is 0 Å². The zero-order valence-electron chi connectivity index (χ0n) is 8.51. The maximum atomic E-state index is 11.4. The van der Waals surface area contributed by atoms with Crippen LogP contribution in [0.5, 0.6) is 0 Å². The lowest BCUT2D eigenvalue weighted by molar-refractivity contribution is -0.641. The van der Waals surface area contributed by atoms with E-state index in [9.17, 15) is 5.21 Å². The summed E-state index contributed by atoms with van der Waals surface area (Å²) in [5.41, 5.74) is 7.31. The first-order valence-electron chi connectivity index (χ1n) is 4.42. The van der Waals surface area contributed by atoms with Gasteiger partial charge < -0.3 is 15.8 Å². The number of nitrogens with two attached hydrogens (primary N) is 1. The molecule has 78 valence electrons. The summed E-state index contributed by atoms with van der Waals surface area (Å²) in [4.78, 5) is 6.41. The van der Waals surface area contributed by atoms with E-state index in [-0.39, 0.29) is 5.95 Å². The van der Waals surface area contributed by atoms with Gasteiger partial charge in [0.15, 0.2) is 0 Å². The van der Waals surface area contributed by atoms with Gasteiger partial charge in [0, 0.05) is 25.8 Å². The molecule has 0 bridgehead atoms. The van der Waals surface area contributed by atoms with Crippen molar-refractivity contribution in [3.05, 3.63) is 23.4 Å². The monoisotopic (exact) mass is 205 g/mol. The second-order valence-electron chi connectivity index (χ2n) is 3.41. The summed E-state index contributed by atoms with van der Waals surface area (Å²) in [5, 5.41) is 14.8. The van der Waals surface area contributed by atoms with Crippen LogP contribution < -0.4 is 15.5 Å². The van der Waals surface area contributed by atoms with Gasteiger partial charge in [-0.3, -0.25) is 0 Å². The lowest BCUT2D eigenvalue weighted by Crippen LogP contribution is -2.33. The molecule has 6 heteroatoms. The Balaban J connectivity index is 2.71. The number of hydrogen-bond acceptors (Lipinski definition) is 5. The molecule has 1 aromatic heterocycles. The first-order valence-corrected chi connectivity index (χ1v) is 4.42. The summed E-state index contributed by atoms with van der Waals surface area (Å²) in [7, 11) is 3.83. The van der Waals surface area contributed by atoms with Gasteiger partial charge in [0.1, 0.15) is 5.52 Å². The zero-order valence-corrected chi connectivity index (χ0v) is 8.51. The van der Waals surface area contributed by atoms with Crippen LogP contribution in [0.2, 0.25) is 0 Å². The number of nitrogen functional groups attached to an aromatic ring is 1. The van der Waals surface area contributed by atoms with Crippen LogP contribution in [0.25, 0.3) is 11.0 Å². The zero-order chi connectivity index (χ0) is 11.0. The van der Waals surface area contributed by atoms with E-state index >= 15 is 0 Å². The molecule has 0 saturated heterocycles. The molecule has 1 heterocycles. The van der Waals surface area contributed by atoms with Gasteiger partial charge in [-0.25, -0.2) is 4.98 Å². The number of anilines is 2. The van der Waals surface area contributed by atoms with Gasteiger partial charge in [0.2, 0.25) is 0 Å². The third-order valence-electron chi connectivity index (χ3n) is 2.11. The first kappa shape index (κ1) is 9.45. The fourth-order valence-corrected chi connectivity index (χ4v) is 1.33. The second-order valence-corrected chi connectivity index (χ2v) is 3.41. The van der Waals surface area contributed by atoms with E-state index in [4.69, 9.17) is 5.73 Å². The molecule has 0 atom stereocenters. The first-order chi connectivity index (χ1) is 7.08. The van der Waals surface area contributed by atoms with Gasteiger partial charge in [-0.15, -0.1) is 0 Å². The highest BCUT2D eigenvalue weighted by Crippen LogP contribution is 2.16. The molecule has 0 aliphatic rings. The van der Waals surface area contributed by atoms with Gasteiger partial charge in [-0.1, -0.05) is 0 Å².